The van der Waals surface area contributed by atoms with Crippen molar-refractivity contribution >= 4 is 0 Å². The highest BCUT2D eigenvalue weighted by Crippen LogP contribution is 2.31. The van der Waals surface area contributed by atoms with Crippen molar-refractivity contribution < 1.29 is 9.47 Å². The van der Waals surface area contributed by atoms with E-state index in [4.69, 9.17) is 15.2 Å². The lowest BCUT2D eigenvalue weighted by molar-refractivity contribution is 0.131. The van der Waals surface area contributed by atoms with E-state index in [0.717, 1.165) is 38.2 Å². The van der Waals surface area contributed by atoms with Crippen LogP contribution in [0.4, 0.5) is 0 Å². The minimum absolute atomic E-state index is 0.219. The molecule has 0 spiro atoms. The summed E-state index contributed by atoms with van der Waals surface area (Å²) in [6, 6.07) is 6.47. The van der Waals surface area contributed by atoms with Crippen molar-refractivity contribution in [1.29, 1.82) is 0 Å². The molecule has 94 valence electrons. The maximum atomic E-state index is 5.99. The fourth-order valence-electron chi connectivity index (χ4n) is 2.21. The number of hydrogen-bond donors (Lipinski definition) is 1. The topological polar surface area (TPSA) is 44.5 Å². The van der Waals surface area contributed by atoms with Gasteiger partial charge in [0.15, 0.2) is 0 Å². The number of benzene rings is 1. The average Bonchev–Trinajstić information content (AvgIpc) is 2.71. The van der Waals surface area contributed by atoms with E-state index in [0.29, 0.717) is 6.61 Å². The number of ether oxygens (including phenoxy) is 2. The van der Waals surface area contributed by atoms with E-state index in [2.05, 4.69) is 12.1 Å². The van der Waals surface area contributed by atoms with Gasteiger partial charge in [0, 0.05) is 25.7 Å². The lowest BCUT2D eigenvalue weighted by atomic mass is 10.1. The molecule has 1 atom stereocenters. The lowest BCUT2D eigenvalue weighted by Gasteiger charge is -2.09. The fourth-order valence-corrected chi connectivity index (χ4v) is 2.21. The molecule has 0 fully saturated rings. The summed E-state index contributed by atoms with van der Waals surface area (Å²) in [5, 5.41) is 0. The van der Waals surface area contributed by atoms with Crippen LogP contribution in [0, 0.1) is 0 Å². The monoisotopic (exact) mass is 235 g/mol. The third-order valence-corrected chi connectivity index (χ3v) is 3.14. The van der Waals surface area contributed by atoms with Crippen molar-refractivity contribution in [3.05, 3.63) is 29.3 Å². The minimum atomic E-state index is 0.219. The molecule has 1 aliphatic carbocycles. The summed E-state index contributed by atoms with van der Waals surface area (Å²) in [6.45, 7) is 4.26. The summed E-state index contributed by atoms with van der Waals surface area (Å²) in [7, 11) is 0. The second kappa shape index (κ2) is 6.03. The number of aryl methyl sites for hydroxylation is 1. The third kappa shape index (κ3) is 3.20. The van der Waals surface area contributed by atoms with Crippen LogP contribution in [0.15, 0.2) is 18.2 Å². The van der Waals surface area contributed by atoms with Crippen molar-refractivity contribution in [2.75, 3.05) is 19.8 Å². The van der Waals surface area contributed by atoms with Crippen LogP contribution in [0.1, 0.15) is 36.9 Å². The summed E-state index contributed by atoms with van der Waals surface area (Å²) < 4.78 is 11.0. The van der Waals surface area contributed by atoms with Crippen LogP contribution in [-0.4, -0.2) is 19.8 Å². The molecular weight excluding hydrogens is 214 g/mol. The highest BCUT2D eigenvalue weighted by Gasteiger charge is 2.18. The molecule has 0 radical (unpaired) electrons. The van der Waals surface area contributed by atoms with Gasteiger partial charge in [0.25, 0.3) is 0 Å². The SMILES string of the molecule is CCOCCCOc1ccc2c(c1)CC[C@@H]2N. The molecule has 0 saturated heterocycles. The Balaban J connectivity index is 1.82. The predicted octanol–water partition coefficient (Wildman–Crippen LogP) is 2.44. The zero-order valence-corrected chi connectivity index (χ0v) is 10.4. The molecule has 2 N–H and O–H groups in total. The summed E-state index contributed by atoms with van der Waals surface area (Å²) in [5.74, 6) is 0.953. The molecule has 0 aliphatic heterocycles. The van der Waals surface area contributed by atoms with Crippen molar-refractivity contribution in [2.45, 2.75) is 32.2 Å². The zero-order valence-electron chi connectivity index (χ0n) is 10.4. The second-order valence-electron chi connectivity index (χ2n) is 4.40. The Morgan fingerprint density at radius 2 is 2.24 bits per heavy atom. The van der Waals surface area contributed by atoms with E-state index in [1.54, 1.807) is 0 Å². The predicted molar refractivity (Wildman–Crippen MR) is 68.3 cm³/mol. The van der Waals surface area contributed by atoms with Gasteiger partial charge in [-0.25, -0.2) is 0 Å². The first-order valence-electron chi connectivity index (χ1n) is 6.40. The van der Waals surface area contributed by atoms with Gasteiger partial charge < -0.3 is 15.2 Å². The first-order chi connectivity index (χ1) is 8.31. The van der Waals surface area contributed by atoms with Crippen molar-refractivity contribution in [3.8, 4) is 5.75 Å². The first kappa shape index (κ1) is 12.4. The van der Waals surface area contributed by atoms with Crippen molar-refractivity contribution in [2.24, 2.45) is 5.73 Å². The summed E-state index contributed by atoms with van der Waals surface area (Å²) in [5.41, 5.74) is 8.63. The molecule has 1 aromatic rings. The molecule has 3 heteroatoms. The summed E-state index contributed by atoms with van der Waals surface area (Å²) in [4.78, 5) is 0. The molecule has 3 nitrogen and oxygen atoms in total. The van der Waals surface area contributed by atoms with Crippen LogP contribution in [0.3, 0.4) is 0 Å². The van der Waals surface area contributed by atoms with Gasteiger partial charge in [-0.3, -0.25) is 0 Å². The van der Waals surface area contributed by atoms with Gasteiger partial charge in [-0.1, -0.05) is 6.07 Å². The third-order valence-electron chi connectivity index (χ3n) is 3.14. The normalized spacial score (nSPS) is 18.1. The Hall–Kier alpha value is -1.06. The first-order valence-corrected chi connectivity index (χ1v) is 6.40. The van der Waals surface area contributed by atoms with Gasteiger partial charge >= 0.3 is 0 Å². The molecule has 1 aliphatic rings. The molecule has 17 heavy (non-hydrogen) atoms. The maximum Gasteiger partial charge on any atom is 0.119 e. The quantitative estimate of drug-likeness (QED) is 0.770. The standard InChI is InChI=1S/C14H21NO2/c1-2-16-8-3-9-17-12-5-6-13-11(10-12)4-7-14(13)15/h5-6,10,14H,2-4,7-9,15H2,1H3/t14-/m0/s1. The number of rotatable bonds is 6. The van der Waals surface area contributed by atoms with Crippen molar-refractivity contribution in [1.82, 2.24) is 0 Å². The Kier molecular flexibility index (Phi) is 4.40. The number of hydrogen-bond acceptors (Lipinski definition) is 3. The molecule has 0 saturated carbocycles. The van der Waals surface area contributed by atoms with Gasteiger partial charge in [-0.2, -0.15) is 0 Å². The van der Waals surface area contributed by atoms with Crippen LogP contribution in [0.5, 0.6) is 5.75 Å². The molecule has 0 unspecified atom stereocenters. The van der Waals surface area contributed by atoms with Gasteiger partial charge in [0.05, 0.1) is 6.61 Å². The molecule has 0 amide bonds. The molecule has 1 aromatic carbocycles. The fraction of sp³-hybridized carbons (Fsp3) is 0.571. The van der Waals surface area contributed by atoms with E-state index < -0.39 is 0 Å². The lowest BCUT2D eigenvalue weighted by Crippen LogP contribution is -2.05. The van der Waals surface area contributed by atoms with Crippen molar-refractivity contribution in [3.63, 3.8) is 0 Å². The summed E-state index contributed by atoms with van der Waals surface area (Å²) >= 11 is 0. The number of fused-ring (bicyclic) bond motifs is 1. The van der Waals surface area contributed by atoms with E-state index in [9.17, 15) is 0 Å². The highest BCUT2D eigenvalue weighted by atomic mass is 16.5. The Morgan fingerprint density at radius 1 is 1.35 bits per heavy atom. The van der Waals surface area contributed by atoms with Gasteiger partial charge in [0.1, 0.15) is 5.75 Å². The van der Waals surface area contributed by atoms with Crippen LogP contribution in [0.2, 0.25) is 0 Å². The maximum absolute atomic E-state index is 5.99. The smallest absolute Gasteiger partial charge is 0.119 e. The Bertz CT molecular complexity index is 365. The molecule has 0 bridgehead atoms. The van der Waals surface area contributed by atoms with Crippen LogP contribution in [0.25, 0.3) is 0 Å². The van der Waals surface area contributed by atoms with E-state index in [1.165, 1.54) is 11.1 Å². The largest absolute Gasteiger partial charge is 0.493 e. The van der Waals surface area contributed by atoms with E-state index in [-0.39, 0.29) is 6.04 Å². The summed E-state index contributed by atoms with van der Waals surface area (Å²) in [6.07, 6.45) is 3.07. The van der Waals surface area contributed by atoms with Crippen LogP contribution < -0.4 is 10.5 Å². The second-order valence-corrected chi connectivity index (χ2v) is 4.40. The zero-order chi connectivity index (χ0) is 12.1. The molecule has 2 rings (SSSR count). The highest BCUT2D eigenvalue weighted by molar-refractivity contribution is 5.40. The minimum Gasteiger partial charge on any atom is -0.493 e. The Morgan fingerprint density at radius 3 is 3.06 bits per heavy atom. The average molecular weight is 235 g/mol. The van der Waals surface area contributed by atoms with Gasteiger partial charge in [-0.15, -0.1) is 0 Å². The van der Waals surface area contributed by atoms with Crippen LogP contribution in [-0.2, 0) is 11.2 Å². The number of nitrogens with two attached hydrogens (primary N) is 1. The van der Waals surface area contributed by atoms with Gasteiger partial charge in [0.2, 0.25) is 0 Å². The molecule has 0 aromatic heterocycles. The van der Waals surface area contributed by atoms with Crippen LogP contribution >= 0.6 is 0 Å². The Labute approximate surface area is 103 Å². The van der Waals surface area contributed by atoms with Gasteiger partial charge in [-0.05, 0) is 43.0 Å². The molecular formula is C14H21NO2. The van der Waals surface area contributed by atoms with E-state index in [1.807, 2.05) is 13.0 Å². The molecule has 0 heterocycles. The van der Waals surface area contributed by atoms with E-state index >= 15 is 0 Å².